The fourth-order valence-corrected chi connectivity index (χ4v) is 3.22. The Morgan fingerprint density at radius 1 is 0.950 bits per heavy atom. The van der Waals surface area contributed by atoms with Crippen LogP contribution in [0.2, 0.25) is 0 Å². The summed E-state index contributed by atoms with van der Waals surface area (Å²) >= 11 is 0. The van der Waals surface area contributed by atoms with Gasteiger partial charge in [-0.3, -0.25) is 4.98 Å². The Balaban J connectivity index is 2.45. The second-order valence-corrected chi connectivity index (χ2v) is 5.50. The molecule has 0 saturated carbocycles. The van der Waals surface area contributed by atoms with Crippen LogP contribution in [0.4, 0.5) is 0 Å². The third-order valence-corrected chi connectivity index (χ3v) is 3.91. The molecule has 0 bridgehead atoms. The highest BCUT2D eigenvalue weighted by atomic mass is 16.3. The third-order valence-electron chi connectivity index (χ3n) is 3.91. The number of hydrogen-bond acceptors (Lipinski definition) is 2. The molecule has 0 radical (unpaired) electrons. The van der Waals surface area contributed by atoms with Gasteiger partial charge in [0.15, 0.2) is 0 Å². The summed E-state index contributed by atoms with van der Waals surface area (Å²) < 4.78 is 5.93. The summed E-state index contributed by atoms with van der Waals surface area (Å²) in [5, 5.41) is 4.75. The van der Waals surface area contributed by atoms with E-state index in [1.807, 2.05) is 19.2 Å². The van der Waals surface area contributed by atoms with Gasteiger partial charge in [-0.05, 0) is 56.0 Å². The molecule has 2 nitrogen and oxygen atoms in total. The highest BCUT2D eigenvalue weighted by Gasteiger charge is 2.14. The van der Waals surface area contributed by atoms with Gasteiger partial charge in [-0.2, -0.15) is 0 Å². The van der Waals surface area contributed by atoms with E-state index in [1.165, 1.54) is 27.3 Å². The number of fused-ring (bicyclic) bond motifs is 6. The molecular formula is C18H15NO. The number of furan rings is 1. The number of nitrogens with zero attached hydrogens (tertiary/aromatic N) is 1. The molecule has 0 fully saturated rings. The molecule has 2 heterocycles. The van der Waals surface area contributed by atoms with Crippen molar-refractivity contribution in [1.82, 2.24) is 4.98 Å². The van der Waals surface area contributed by atoms with Crippen LogP contribution in [-0.4, -0.2) is 4.98 Å². The van der Waals surface area contributed by atoms with Gasteiger partial charge in [0, 0.05) is 22.4 Å². The summed E-state index contributed by atoms with van der Waals surface area (Å²) in [5.41, 5.74) is 4.51. The average molecular weight is 261 g/mol. The summed E-state index contributed by atoms with van der Waals surface area (Å²) in [6, 6.07) is 10.6. The SMILES string of the molecule is Cc1cc(C)c2c(c1)c1ncccc1c1oc(C)cc12. The zero-order valence-electron chi connectivity index (χ0n) is 11.8. The Morgan fingerprint density at radius 2 is 1.80 bits per heavy atom. The van der Waals surface area contributed by atoms with Crippen LogP contribution in [0.3, 0.4) is 0 Å². The van der Waals surface area contributed by atoms with Gasteiger partial charge in [0.05, 0.1) is 5.52 Å². The molecule has 4 rings (SSSR count). The summed E-state index contributed by atoms with van der Waals surface area (Å²) in [6.07, 6.45) is 1.85. The standard InChI is InChI=1S/C18H15NO/c1-10-7-11(2)16-14(8-10)17-13(5-4-6-19-17)18-15(16)9-12(3)20-18/h4-9H,1-3H3. The number of hydrogen-bond donors (Lipinski definition) is 0. The molecule has 0 saturated heterocycles. The smallest absolute Gasteiger partial charge is 0.144 e. The largest absolute Gasteiger partial charge is 0.461 e. The van der Waals surface area contributed by atoms with Gasteiger partial charge in [-0.1, -0.05) is 11.6 Å². The highest BCUT2D eigenvalue weighted by Crippen LogP contribution is 2.37. The number of benzene rings is 2. The van der Waals surface area contributed by atoms with E-state index in [1.54, 1.807) is 0 Å². The molecule has 0 amide bonds. The lowest BCUT2D eigenvalue weighted by molar-refractivity contribution is 0.581. The van der Waals surface area contributed by atoms with Crippen LogP contribution in [0.15, 0.2) is 40.9 Å². The van der Waals surface area contributed by atoms with Crippen molar-refractivity contribution in [3.63, 3.8) is 0 Å². The zero-order valence-corrected chi connectivity index (χ0v) is 11.8. The lowest BCUT2D eigenvalue weighted by Crippen LogP contribution is -1.87. The van der Waals surface area contributed by atoms with E-state index < -0.39 is 0 Å². The van der Waals surface area contributed by atoms with Gasteiger partial charge in [-0.25, -0.2) is 0 Å². The van der Waals surface area contributed by atoms with Crippen LogP contribution in [-0.2, 0) is 0 Å². The first kappa shape index (κ1) is 11.5. The molecule has 0 aliphatic heterocycles. The van der Waals surface area contributed by atoms with E-state index in [9.17, 15) is 0 Å². The maximum atomic E-state index is 5.93. The summed E-state index contributed by atoms with van der Waals surface area (Å²) in [5.74, 6) is 0.942. The first-order valence-electron chi connectivity index (χ1n) is 6.83. The topological polar surface area (TPSA) is 26.0 Å². The Labute approximate surface area is 117 Å². The minimum absolute atomic E-state index is 0.942. The molecule has 0 N–H and O–H groups in total. The summed E-state index contributed by atoms with van der Waals surface area (Å²) in [4.78, 5) is 4.59. The molecule has 20 heavy (non-hydrogen) atoms. The van der Waals surface area contributed by atoms with Crippen molar-refractivity contribution in [3.8, 4) is 0 Å². The van der Waals surface area contributed by atoms with Crippen molar-refractivity contribution >= 4 is 32.6 Å². The van der Waals surface area contributed by atoms with Crippen molar-refractivity contribution in [2.75, 3.05) is 0 Å². The molecule has 98 valence electrons. The van der Waals surface area contributed by atoms with Gasteiger partial charge in [0.1, 0.15) is 11.3 Å². The van der Waals surface area contributed by atoms with Crippen molar-refractivity contribution in [2.45, 2.75) is 20.8 Å². The molecule has 2 heteroatoms. The van der Waals surface area contributed by atoms with Crippen LogP contribution in [0.25, 0.3) is 32.6 Å². The minimum Gasteiger partial charge on any atom is -0.461 e. The average Bonchev–Trinajstić information content (AvgIpc) is 2.80. The van der Waals surface area contributed by atoms with E-state index in [2.05, 4.69) is 43.1 Å². The molecule has 0 atom stereocenters. The molecular weight excluding hydrogens is 246 g/mol. The van der Waals surface area contributed by atoms with Crippen LogP contribution in [0, 0.1) is 20.8 Å². The van der Waals surface area contributed by atoms with Gasteiger partial charge in [0.2, 0.25) is 0 Å². The van der Waals surface area contributed by atoms with E-state index >= 15 is 0 Å². The van der Waals surface area contributed by atoms with Gasteiger partial charge >= 0.3 is 0 Å². The maximum Gasteiger partial charge on any atom is 0.144 e. The molecule has 2 aromatic heterocycles. The van der Waals surface area contributed by atoms with Crippen LogP contribution in [0.5, 0.6) is 0 Å². The number of rotatable bonds is 0. The predicted molar refractivity (Wildman–Crippen MR) is 83.2 cm³/mol. The van der Waals surface area contributed by atoms with Gasteiger partial charge in [-0.15, -0.1) is 0 Å². The highest BCUT2D eigenvalue weighted by molar-refractivity contribution is 6.23. The lowest BCUT2D eigenvalue weighted by atomic mass is 9.96. The van der Waals surface area contributed by atoms with Crippen molar-refractivity contribution in [2.24, 2.45) is 0 Å². The van der Waals surface area contributed by atoms with E-state index in [0.717, 1.165) is 22.2 Å². The molecule has 4 aromatic rings. The Bertz CT molecular complexity index is 979. The van der Waals surface area contributed by atoms with Crippen molar-refractivity contribution in [3.05, 3.63) is 53.4 Å². The van der Waals surface area contributed by atoms with Gasteiger partial charge in [0.25, 0.3) is 0 Å². The first-order valence-corrected chi connectivity index (χ1v) is 6.83. The Kier molecular flexibility index (Phi) is 2.19. The Morgan fingerprint density at radius 3 is 2.65 bits per heavy atom. The summed E-state index contributed by atoms with van der Waals surface area (Å²) in [6.45, 7) is 6.29. The monoisotopic (exact) mass is 261 g/mol. The van der Waals surface area contributed by atoms with Crippen molar-refractivity contribution < 1.29 is 4.42 Å². The normalized spacial score (nSPS) is 11.8. The number of aryl methyl sites for hydroxylation is 3. The zero-order chi connectivity index (χ0) is 13.9. The Hall–Kier alpha value is -2.35. The molecule has 0 aliphatic rings. The fraction of sp³-hybridized carbons (Fsp3) is 0.167. The van der Waals surface area contributed by atoms with E-state index in [0.29, 0.717) is 0 Å². The second kappa shape index (κ2) is 3.83. The molecule has 0 spiro atoms. The van der Waals surface area contributed by atoms with Gasteiger partial charge < -0.3 is 4.42 Å². The molecule has 0 unspecified atom stereocenters. The molecule has 2 aromatic carbocycles. The van der Waals surface area contributed by atoms with Crippen LogP contribution in [0.1, 0.15) is 16.9 Å². The predicted octanol–water partition coefficient (Wildman–Crippen LogP) is 5.06. The maximum absolute atomic E-state index is 5.93. The number of pyridine rings is 1. The van der Waals surface area contributed by atoms with Crippen LogP contribution < -0.4 is 0 Å². The fourth-order valence-electron chi connectivity index (χ4n) is 3.22. The second-order valence-electron chi connectivity index (χ2n) is 5.50. The van der Waals surface area contributed by atoms with E-state index in [-0.39, 0.29) is 0 Å². The summed E-state index contributed by atoms with van der Waals surface area (Å²) in [7, 11) is 0. The van der Waals surface area contributed by atoms with Crippen LogP contribution >= 0.6 is 0 Å². The first-order chi connectivity index (χ1) is 9.65. The minimum atomic E-state index is 0.942. The third kappa shape index (κ3) is 1.42. The van der Waals surface area contributed by atoms with E-state index in [4.69, 9.17) is 4.42 Å². The molecule has 0 aliphatic carbocycles. The number of aromatic nitrogens is 1. The lowest BCUT2D eigenvalue weighted by Gasteiger charge is -2.09. The quantitative estimate of drug-likeness (QED) is 0.413. The van der Waals surface area contributed by atoms with Crippen molar-refractivity contribution in [1.29, 1.82) is 0 Å².